The van der Waals surface area contributed by atoms with Crippen LogP contribution in [0.5, 0.6) is 0 Å². The van der Waals surface area contributed by atoms with Crippen molar-refractivity contribution in [1.29, 1.82) is 0 Å². The fourth-order valence-electron chi connectivity index (χ4n) is 11.4. The molecule has 22 heteroatoms. The number of benzene rings is 5. The van der Waals surface area contributed by atoms with Crippen LogP contribution in [0, 0.1) is 0 Å². The highest BCUT2D eigenvalue weighted by atomic mass is 31.2. The Morgan fingerprint density at radius 3 is 2.14 bits per heavy atom. The first kappa shape index (κ1) is 55.5. The third kappa shape index (κ3) is 11.8. The Hall–Kier alpha value is -8.78. The molecule has 7 amide bonds. The van der Waals surface area contributed by atoms with Crippen LogP contribution in [0.2, 0.25) is 0 Å². The summed E-state index contributed by atoms with van der Waals surface area (Å²) in [5, 5.41) is 11.4. The molecule has 1 saturated heterocycles. The first-order chi connectivity index (χ1) is 38.8. The van der Waals surface area contributed by atoms with Gasteiger partial charge < -0.3 is 36.5 Å². The van der Waals surface area contributed by atoms with E-state index in [1.807, 2.05) is 91.0 Å². The van der Waals surface area contributed by atoms with E-state index in [9.17, 15) is 52.7 Å². The summed E-state index contributed by atoms with van der Waals surface area (Å²) in [7, 11) is -3.43. The number of carbonyl (C=O) groups is 8. The Morgan fingerprint density at radius 1 is 0.765 bits per heavy atom. The lowest BCUT2D eigenvalue weighted by atomic mass is 9.95. The predicted octanol–water partition coefficient (Wildman–Crippen LogP) is 4.73. The SMILES string of the molecule is Cn1c(=O)n(C2CCC(=O)NC2=O)c2ccc(CCCCCc3cc4c5c(c3)C[C@@H](C(=O)N[C@@H](CCC(N)=O)C(=O)NC(c3ccccc3)c3ccccc3)N5C(=O)[C@@H](NC(=O)c3cc5cc(C(=O)P(=O)(O)O)ccc5[nH]3)CC4)cc21. The number of amides is 7. The molecular weight excluding hydrogens is 1060 g/mol. The molecule has 0 radical (unpaired) electrons. The average molecular weight is 1120 g/mol. The van der Waals surface area contributed by atoms with E-state index in [2.05, 4.69) is 26.3 Å². The maximum Gasteiger partial charge on any atom is 0.396 e. The number of imide groups is 1. The highest BCUT2D eigenvalue weighted by Crippen LogP contribution is 2.42. The van der Waals surface area contributed by atoms with Gasteiger partial charge >= 0.3 is 13.3 Å². The molecule has 418 valence electrons. The molecule has 0 spiro atoms. The van der Waals surface area contributed by atoms with Crippen molar-refractivity contribution in [3.63, 3.8) is 0 Å². The van der Waals surface area contributed by atoms with Gasteiger partial charge in [0, 0.05) is 42.8 Å². The normalized spacial score (nSPS) is 17.4. The van der Waals surface area contributed by atoms with Crippen LogP contribution in [0.3, 0.4) is 0 Å². The van der Waals surface area contributed by atoms with Gasteiger partial charge in [-0.25, -0.2) is 4.79 Å². The zero-order valence-corrected chi connectivity index (χ0v) is 45.1. The van der Waals surface area contributed by atoms with Gasteiger partial charge in [-0.2, -0.15) is 0 Å². The van der Waals surface area contributed by atoms with Crippen LogP contribution >= 0.6 is 7.60 Å². The summed E-state index contributed by atoms with van der Waals surface area (Å²) in [6, 6.07) is 28.6. The van der Waals surface area contributed by atoms with Crippen LogP contribution in [0.15, 0.2) is 120 Å². The molecule has 1 fully saturated rings. The van der Waals surface area contributed by atoms with Crippen LogP contribution in [0.4, 0.5) is 5.69 Å². The van der Waals surface area contributed by atoms with Gasteiger partial charge in [-0.1, -0.05) is 85.3 Å². The number of piperidine rings is 1. The number of primary amides is 1. The van der Waals surface area contributed by atoms with Crippen molar-refractivity contribution in [2.45, 2.75) is 107 Å². The van der Waals surface area contributed by atoms with Crippen molar-refractivity contribution in [3.8, 4) is 0 Å². The highest BCUT2D eigenvalue weighted by molar-refractivity contribution is 7.70. The van der Waals surface area contributed by atoms with Crippen molar-refractivity contribution < 1.29 is 52.7 Å². The first-order valence-corrected chi connectivity index (χ1v) is 28.5. The van der Waals surface area contributed by atoms with Crippen molar-refractivity contribution in [1.82, 2.24) is 35.4 Å². The average Bonchev–Trinajstić information content (AvgIpc) is 4.34. The fourth-order valence-corrected chi connectivity index (χ4v) is 11.9. The molecule has 7 aromatic rings. The Kier molecular flexibility index (Phi) is 15.9. The molecule has 0 saturated carbocycles. The number of anilines is 1. The van der Waals surface area contributed by atoms with Gasteiger partial charge in [-0.15, -0.1) is 0 Å². The molecule has 9 N–H and O–H groups in total. The van der Waals surface area contributed by atoms with E-state index in [1.165, 1.54) is 38.3 Å². The number of hydrogen-bond acceptors (Lipinski definition) is 10. The minimum atomic E-state index is -5.09. The number of fused-ring (bicyclic) bond motifs is 2. The van der Waals surface area contributed by atoms with E-state index in [0.717, 1.165) is 59.1 Å². The number of aromatic amines is 1. The zero-order chi connectivity index (χ0) is 57.3. The van der Waals surface area contributed by atoms with Crippen molar-refractivity contribution >= 4 is 82.1 Å². The lowest BCUT2D eigenvalue weighted by Crippen LogP contribution is -2.57. The second kappa shape index (κ2) is 23.1. The number of nitrogens with zero attached hydrogens (tertiary/aromatic N) is 3. The summed E-state index contributed by atoms with van der Waals surface area (Å²) in [6.07, 6.45) is 4.39. The zero-order valence-electron chi connectivity index (χ0n) is 44.2. The molecule has 5 aromatic carbocycles. The predicted molar refractivity (Wildman–Crippen MR) is 299 cm³/mol. The van der Waals surface area contributed by atoms with Crippen LogP contribution in [-0.4, -0.2) is 88.9 Å². The lowest BCUT2D eigenvalue weighted by molar-refractivity contribution is -0.136. The van der Waals surface area contributed by atoms with E-state index < -0.39 is 78.8 Å². The number of H-pyrrole nitrogens is 1. The van der Waals surface area contributed by atoms with Gasteiger partial charge in [0.15, 0.2) is 0 Å². The summed E-state index contributed by atoms with van der Waals surface area (Å²) in [5.74, 6) is -4.05. The molecule has 0 aliphatic carbocycles. The van der Waals surface area contributed by atoms with Crippen LogP contribution in [0.25, 0.3) is 21.9 Å². The highest BCUT2D eigenvalue weighted by Gasteiger charge is 2.45. The van der Waals surface area contributed by atoms with Gasteiger partial charge in [-0.3, -0.25) is 62.3 Å². The van der Waals surface area contributed by atoms with E-state index in [-0.39, 0.29) is 61.4 Å². The van der Waals surface area contributed by atoms with E-state index in [1.54, 1.807) is 7.05 Å². The number of hydrogen-bond donors (Lipinski definition) is 8. The van der Waals surface area contributed by atoms with Crippen molar-refractivity contribution in [2.75, 3.05) is 4.90 Å². The summed E-state index contributed by atoms with van der Waals surface area (Å²) in [6.45, 7) is 0. The molecule has 81 heavy (non-hydrogen) atoms. The molecule has 21 nitrogen and oxygen atoms in total. The molecule has 5 heterocycles. The quantitative estimate of drug-likeness (QED) is 0.0292. The molecule has 3 aliphatic heterocycles. The number of imidazole rings is 1. The van der Waals surface area contributed by atoms with Gasteiger partial charge in [0.1, 0.15) is 29.9 Å². The van der Waals surface area contributed by atoms with Crippen molar-refractivity contribution in [3.05, 3.63) is 170 Å². The maximum absolute atomic E-state index is 15.0. The monoisotopic (exact) mass is 1120 g/mol. The van der Waals surface area contributed by atoms with Gasteiger partial charge in [0.2, 0.25) is 35.4 Å². The number of rotatable bonds is 20. The Balaban J connectivity index is 0.882. The fraction of sp³-hybridized carbons (Fsp3) is 0.305. The molecule has 3 aliphatic rings. The first-order valence-electron chi connectivity index (χ1n) is 26.9. The summed E-state index contributed by atoms with van der Waals surface area (Å²) >= 11 is 0. The number of aryl methyl sites for hydroxylation is 4. The standard InChI is InChI=1S/C59H60N9O12P/c1-66-47-29-33(17-23-45(47)67(59(66)77)46-24-26-50(70)64-55(46)73)11-5-2-6-12-34-27-37-18-21-43(63-54(72)44-31-39-30-38(19-20-41(39)61-44)58(76)81(78,79)80)57(75)68-48(32-40(28-34)52(37)68)56(74)62-42(22-25-49(60)69)53(71)65-51(35-13-7-3-8-14-35)36-15-9-4-10-16-36/h3-4,7-10,13-17,19-20,23,27-31,42-43,46,48,51,61H,2,5-6,11-12,18,21-22,24-26,32H2,1H3,(H2,60,69)(H,62,74)(H,63,72)(H,65,71)(H,64,70,73)(H2,78,79,80)/t42-,43-,46?,48-/m0/s1. The largest absolute Gasteiger partial charge is 0.396 e. The number of carbonyl (C=O) groups excluding carboxylic acids is 8. The molecule has 10 rings (SSSR count). The van der Waals surface area contributed by atoms with Gasteiger partial charge in [0.05, 0.1) is 22.8 Å². The Labute approximate surface area is 463 Å². The molecule has 4 atom stereocenters. The van der Waals surface area contributed by atoms with E-state index in [4.69, 9.17) is 5.73 Å². The molecule has 2 aromatic heterocycles. The summed E-state index contributed by atoms with van der Waals surface area (Å²) < 4.78 is 14.7. The lowest BCUT2D eigenvalue weighted by Gasteiger charge is -2.29. The summed E-state index contributed by atoms with van der Waals surface area (Å²) in [4.78, 5) is 144. The third-order valence-electron chi connectivity index (χ3n) is 15.5. The maximum atomic E-state index is 15.0. The minimum absolute atomic E-state index is 0.00156. The van der Waals surface area contributed by atoms with Crippen LogP contribution < -0.4 is 37.6 Å². The number of aromatic nitrogens is 3. The van der Waals surface area contributed by atoms with Crippen molar-refractivity contribution in [2.24, 2.45) is 12.8 Å². The van der Waals surface area contributed by atoms with Gasteiger partial charge in [-0.05, 0) is 121 Å². The molecular formula is C59H60N9O12P. The second-order valence-electron chi connectivity index (χ2n) is 21.0. The Bertz CT molecular complexity index is 3750. The third-order valence-corrected chi connectivity index (χ3v) is 16.3. The molecule has 1 unspecified atom stereocenters. The van der Waals surface area contributed by atoms with Gasteiger partial charge in [0.25, 0.3) is 11.4 Å². The molecule has 0 bridgehead atoms. The minimum Gasteiger partial charge on any atom is -0.370 e. The van der Waals surface area contributed by atoms with Crippen LogP contribution in [0.1, 0.15) is 118 Å². The smallest absolute Gasteiger partial charge is 0.370 e. The second-order valence-corrected chi connectivity index (χ2v) is 22.5. The number of unbranched alkanes of at least 4 members (excludes halogenated alkanes) is 2. The topological polar surface area (TPSA) is 314 Å². The Morgan fingerprint density at radius 2 is 1.46 bits per heavy atom. The van der Waals surface area contributed by atoms with Crippen LogP contribution in [-0.2, 0) is 66.1 Å². The number of nitrogens with one attached hydrogen (secondary N) is 5. The summed E-state index contributed by atoms with van der Waals surface area (Å²) in [5.41, 5.74) is 10.9. The number of nitrogens with two attached hydrogens (primary N) is 1. The van der Waals surface area contributed by atoms with E-state index in [0.29, 0.717) is 40.5 Å². The van der Waals surface area contributed by atoms with E-state index >= 15 is 4.79 Å².